The van der Waals surface area contributed by atoms with Crippen molar-refractivity contribution in [1.82, 2.24) is 5.32 Å². The Kier molecular flexibility index (Phi) is 7.86. The second kappa shape index (κ2) is 10.4. The molecular formula is C22H27NO4. The molecule has 0 aliphatic heterocycles. The highest BCUT2D eigenvalue weighted by molar-refractivity contribution is 5.94. The van der Waals surface area contributed by atoms with E-state index in [0.29, 0.717) is 17.9 Å². The van der Waals surface area contributed by atoms with E-state index in [1.807, 2.05) is 44.2 Å². The van der Waals surface area contributed by atoms with Crippen LogP contribution in [0.25, 0.3) is 0 Å². The molecule has 0 saturated carbocycles. The molecule has 1 N–H and O–H groups in total. The molecule has 2 aromatic rings. The van der Waals surface area contributed by atoms with E-state index >= 15 is 0 Å². The first kappa shape index (κ1) is 20.5. The summed E-state index contributed by atoms with van der Waals surface area (Å²) in [5.74, 6) is -0.0155. The number of ether oxygens (including phenoxy) is 2. The average Bonchev–Trinajstić information content (AvgIpc) is 2.69. The van der Waals surface area contributed by atoms with Crippen LogP contribution in [0.1, 0.15) is 43.1 Å². The highest BCUT2D eigenvalue weighted by Crippen LogP contribution is 2.15. The van der Waals surface area contributed by atoms with Crippen LogP contribution in [0, 0.1) is 0 Å². The van der Waals surface area contributed by atoms with Gasteiger partial charge in [-0.15, -0.1) is 0 Å². The van der Waals surface area contributed by atoms with Gasteiger partial charge in [-0.2, -0.15) is 0 Å². The fourth-order valence-corrected chi connectivity index (χ4v) is 2.38. The van der Waals surface area contributed by atoms with Crippen molar-refractivity contribution >= 4 is 11.9 Å². The van der Waals surface area contributed by atoms with Gasteiger partial charge in [-0.1, -0.05) is 37.3 Å². The molecule has 2 rings (SSSR count). The number of amides is 1. The van der Waals surface area contributed by atoms with Gasteiger partial charge in [-0.05, 0) is 56.5 Å². The van der Waals surface area contributed by atoms with E-state index in [1.165, 1.54) is 5.56 Å². The highest BCUT2D eigenvalue weighted by atomic mass is 16.6. The number of hydrogen-bond acceptors (Lipinski definition) is 4. The smallest absolute Gasteiger partial charge is 0.347 e. The topological polar surface area (TPSA) is 64.6 Å². The van der Waals surface area contributed by atoms with Crippen LogP contribution in [-0.4, -0.2) is 30.6 Å². The molecule has 27 heavy (non-hydrogen) atoms. The normalized spacial score (nSPS) is 12.7. The van der Waals surface area contributed by atoms with Crippen LogP contribution in [0.2, 0.25) is 0 Å². The Morgan fingerprint density at radius 2 is 1.67 bits per heavy atom. The first-order valence-corrected chi connectivity index (χ1v) is 9.29. The van der Waals surface area contributed by atoms with E-state index in [4.69, 9.17) is 9.47 Å². The fourth-order valence-electron chi connectivity index (χ4n) is 2.38. The van der Waals surface area contributed by atoms with Crippen LogP contribution in [0.3, 0.4) is 0 Å². The summed E-state index contributed by atoms with van der Waals surface area (Å²) in [6.07, 6.45) is 0.700. The van der Waals surface area contributed by atoms with Gasteiger partial charge in [0.15, 0.2) is 6.10 Å². The zero-order valence-corrected chi connectivity index (χ0v) is 16.1. The number of carbonyl (C=O) groups excluding carboxylic acids is 2. The van der Waals surface area contributed by atoms with Crippen molar-refractivity contribution in [3.8, 4) is 5.75 Å². The van der Waals surface area contributed by atoms with E-state index in [2.05, 4.69) is 5.32 Å². The molecule has 0 saturated heterocycles. The Morgan fingerprint density at radius 3 is 2.30 bits per heavy atom. The van der Waals surface area contributed by atoms with Crippen molar-refractivity contribution in [3.05, 3.63) is 65.7 Å². The van der Waals surface area contributed by atoms with Crippen molar-refractivity contribution in [2.75, 3.05) is 6.54 Å². The third-order valence-electron chi connectivity index (χ3n) is 4.20. The minimum atomic E-state index is -0.704. The van der Waals surface area contributed by atoms with Crippen molar-refractivity contribution in [1.29, 1.82) is 0 Å². The van der Waals surface area contributed by atoms with E-state index < -0.39 is 12.1 Å². The maximum atomic E-state index is 12.2. The zero-order chi connectivity index (χ0) is 19.6. The lowest BCUT2D eigenvalue weighted by Crippen LogP contribution is -2.29. The van der Waals surface area contributed by atoms with Crippen LogP contribution < -0.4 is 10.1 Å². The van der Waals surface area contributed by atoms with Gasteiger partial charge in [0.25, 0.3) is 5.91 Å². The Morgan fingerprint density at radius 1 is 1.00 bits per heavy atom. The van der Waals surface area contributed by atoms with Gasteiger partial charge in [0, 0.05) is 12.1 Å². The molecule has 0 aromatic heterocycles. The zero-order valence-electron chi connectivity index (χ0n) is 16.1. The van der Waals surface area contributed by atoms with E-state index in [9.17, 15) is 9.59 Å². The quantitative estimate of drug-likeness (QED) is 0.684. The molecule has 0 fully saturated rings. The van der Waals surface area contributed by atoms with Crippen molar-refractivity contribution in [2.45, 2.75) is 45.8 Å². The first-order valence-electron chi connectivity index (χ1n) is 9.29. The average molecular weight is 369 g/mol. The van der Waals surface area contributed by atoms with Gasteiger partial charge in [-0.3, -0.25) is 4.79 Å². The summed E-state index contributed by atoms with van der Waals surface area (Å²) in [5, 5.41) is 2.90. The van der Waals surface area contributed by atoms with E-state index in [1.54, 1.807) is 31.2 Å². The van der Waals surface area contributed by atoms with Gasteiger partial charge in [-0.25, -0.2) is 4.79 Å². The van der Waals surface area contributed by atoms with Crippen LogP contribution in [0.5, 0.6) is 5.75 Å². The van der Waals surface area contributed by atoms with Gasteiger partial charge >= 0.3 is 5.97 Å². The van der Waals surface area contributed by atoms with Gasteiger partial charge in [0.2, 0.25) is 0 Å². The summed E-state index contributed by atoms with van der Waals surface area (Å²) >= 11 is 0. The molecule has 5 nitrogen and oxygen atoms in total. The molecule has 0 aliphatic carbocycles. The molecular weight excluding hydrogens is 342 g/mol. The number of benzene rings is 2. The van der Waals surface area contributed by atoms with Crippen molar-refractivity contribution < 1.29 is 19.1 Å². The Hall–Kier alpha value is -2.82. The number of nitrogens with one attached hydrogen (secondary N) is 1. The predicted molar refractivity (Wildman–Crippen MR) is 105 cm³/mol. The first-order chi connectivity index (χ1) is 13.0. The second-order valence-corrected chi connectivity index (χ2v) is 6.43. The molecule has 144 valence electrons. The number of rotatable bonds is 9. The third-order valence-corrected chi connectivity index (χ3v) is 4.20. The van der Waals surface area contributed by atoms with E-state index in [0.717, 1.165) is 12.8 Å². The third kappa shape index (κ3) is 6.77. The van der Waals surface area contributed by atoms with Crippen molar-refractivity contribution in [2.24, 2.45) is 0 Å². The van der Waals surface area contributed by atoms with Crippen LogP contribution in [0.4, 0.5) is 0 Å². The molecule has 2 atom stereocenters. The standard InChI is InChI=1S/C22H27NO4/c1-4-16(2)26-22(25)17(3)27-20-12-10-19(11-13-20)21(24)23-15-14-18-8-6-5-7-9-18/h5-13,16-17H,4,14-15H2,1-3H3,(H,23,24). The molecule has 0 radical (unpaired) electrons. The molecule has 2 aromatic carbocycles. The lowest BCUT2D eigenvalue weighted by Gasteiger charge is -2.17. The fraction of sp³-hybridized carbons (Fsp3) is 0.364. The molecule has 0 bridgehead atoms. The molecule has 2 unspecified atom stereocenters. The monoisotopic (exact) mass is 369 g/mol. The second-order valence-electron chi connectivity index (χ2n) is 6.43. The number of carbonyl (C=O) groups is 2. The largest absolute Gasteiger partial charge is 0.479 e. The summed E-state index contributed by atoms with van der Waals surface area (Å²) in [7, 11) is 0. The lowest BCUT2D eigenvalue weighted by molar-refractivity contribution is -0.155. The molecule has 0 heterocycles. The predicted octanol–water partition coefficient (Wildman–Crippen LogP) is 3.77. The maximum Gasteiger partial charge on any atom is 0.347 e. The van der Waals surface area contributed by atoms with Crippen LogP contribution in [0.15, 0.2) is 54.6 Å². The minimum Gasteiger partial charge on any atom is -0.479 e. The number of hydrogen-bond donors (Lipinski definition) is 1. The number of esters is 1. The van der Waals surface area contributed by atoms with Gasteiger partial charge < -0.3 is 14.8 Å². The van der Waals surface area contributed by atoms with E-state index in [-0.39, 0.29) is 12.0 Å². The Balaban J connectivity index is 1.81. The van der Waals surface area contributed by atoms with Gasteiger partial charge in [0.05, 0.1) is 6.10 Å². The van der Waals surface area contributed by atoms with Crippen LogP contribution >= 0.6 is 0 Å². The molecule has 0 spiro atoms. The summed E-state index contributed by atoms with van der Waals surface area (Å²) in [6.45, 7) is 6.01. The molecule has 1 amide bonds. The minimum absolute atomic E-state index is 0.134. The Labute approximate surface area is 160 Å². The SMILES string of the molecule is CCC(C)OC(=O)C(C)Oc1ccc(C(=O)NCCc2ccccc2)cc1. The Bertz CT molecular complexity index is 728. The van der Waals surface area contributed by atoms with Gasteiger partial charge in [0.1, 0.15) is 5.75 Å². The summed E-state index contributed by atoms with van der Waals surface area (Å²) in [5.41, 5.74) is 1.73. The highest BCUT2D eigenvalue weighted by Gasteiger charge is 2.18. The summed E-state index contributed by atoms with van der Waals surface area (Å²) < 4.78 is 10.8. The summed E-state index contributed by atoms with van der Waals surface area (Å²) in [4.78, 5) is 24.1. The lowest BCUT2D eigenvalue weighted by atomic mass is 10.1. The van der Waals surface area contributed by atoms with Crippen LogP contribution in [-0.2, 0) is 16.0 Å². The molecule has 0 aliphatic rings. The summed E-state index contributed by atoms with van der Waals surface area (Å²) in [6, 6.07) is 16.7. The van der Waals surface area contributed by atoms with Crippen molar-refractivity contribution in [3.63, 3.8) is 0 Å². The maximum absolute atomic E-state index is 12.2. The molecule has 5 heteroatoms.